The first kappa shape index (κ1) is 17.3. The lowest BCUT2D eigenvalue weighted by atomic mass is 9.61. The molecule has 0 aliphatic heterocycles. The van der Waals surface area contributed by atoms with Gasteiger partial charge in [-0.1, -0.05) is 65.7 Å². The molecule has 5 unspecified atom stereocenters. The van der Waals surface area contributed by atoms with Crippen LogP contribution in [0.4, 0.5) is 0 Å². The minimum Gasteiger partial charge on any atom is -0.317 e. The minimum absolute atomic E-state index is 0.968. The molecule has 1 nitrogen and oxygen atoms in total. The molecule has 0 saturated heterocycles. The molecule has 0 spiro atoms. The third-order valence-corrected chi connectivity index (χ3v) is 6.55. The monoisotopic (exact) mass is 293 g/mol. The molecular formula is C20H39N. The van der Waals surface area contributed by atoms with E-state index in [2.05, 4.69) is 26.1 Å². The number of hydrogen-bond donors (Lipinski definition) is 1. The van der Waals surface area contributed by atoms with Crippen LogP contribution in [0.2, 0.25) is 0 Å². The van der Waals surface area contributed by atoms with Crippen molar-refractivity contribution in [3.63, 3.8) is 0 Å². The van der Waals surface area contributed by atoms with Crippen molar-refractivity contribution in [1.82, 2.24) is 5.32 Å². The molecule has 0 radical (unpaired) electrons. The fraction of sp³-hybridized carbons (Fsp3) is 1.00. The summed E-state index contributed by atoms with van der Waals surface area (Å²) in [7, 11) is 0. The van der Waals surface area contributed by atoms with E-state index in [9.17, 15) is 0 Å². The van der Waals surface area contributed by atoms with Gasteiger partial charge in [-0.2, -0.15) is 0 Å². The Bertz CT molecular complexity index is 275. The maximum absolute atomic E-state index is 3.67. The molecule has 2 saturated carbocycles. The van der Waals surface area contributed by atoms with Crippen LogP contribution in [0.15, 0.2) is 0 Å². The lowest BCUT2D eigenvalue weighted by molar-refractivity contribution is 0.0546. The van der Waals surface area contributed by atoms with Gasteiger partial charge in [0.1, 0.15) is 0 Å². The summed E-state index contributed by atoms with van der Waals surface area (Å²) in [6.45, 7) is 9.49. The molecule has 0 bridgehead atoms. The van der Waals surface area contributed by atoms with Crippen molar-refractivity contribution >= 4 is 0 Å². The summed E-state index contributed by atoms with van der Waals surface area (Å²) in [6.07, 6.45) is 14.9. The second-order valence-corrected chi connectivity index (χ2v) is 7.82. The Balaban J connectivity index is 2.03. The van der Waals surface area contributed by atoms with Crippen molar-refractivity contribution < 1.29 is 0 Å². The van der Waals surface area contributed by atoms with Crippen molar-refractivity contribution in [2.45, 2.75) is 85.0 Å². The Kier molecular flexibility index (Phi) is 7.57. The van der Waals surface area contributed by atoms with Crippen LogP contribution in [0.25, 0.3) is 0 Å². The van der Waals surface area contributed by atoms with E-state index >= 15 is 0 Å². The number of nitrogens with one attached hydrogen (secondary N) is 1. The molecule has 21 heavy (non-hydrogen) atoms. The van der Waals surface area contributed by atoms with Crippen LogP contribution >= 0.6 is 0 Å². The first-order valence-corrected chi connectivity index (χ1v) is 10.0. The second-order valence-electron chi connectivity index (χ2n) is 7.82. The Morgan fingerprint density at radius 2 is 1.67 bits per heavy atom. The molecule has 0 heterocycles. The van der Waals surface area contributed by atoms with Gasteiger partial charge in [-0.05, 0) is 61.9 Å². The van der Waals surface area contributed by atoms with Crippen molar-refractivity contribution in [3.05, 3.63) is 0 Å². The molecule has 0 amide bonds. The summed E-state index contributed by atoms with van der Waals surface area (Å²) in [5.74, 6) is 5.12. The van der Waals surface area contributed by atoms with Crippen molar-refractivity contribution in [2.75, 3.05) is 13.1 Å². The summed E-state index contributed by atoms with van der Waals surface area (Å²) < 4.78 is 0. The largest absolute Gasteiger partial charge is 0.317 e. The van der Waals surface area contributed by atoms with Gasteiger partial charge in [0.15, 0.2) is 0 Å². The summed E-state index contributed by atoms with van der Waals surface area (Å²) in [5.41, 5.74) is 0. The summed E-state index contributed by atoms with van der Waals surface area (Å²) in [5, 5.41) is 3.67. The van der Waals surface area contributed by atoms with Crippen LogP contribution < -0.4 is 5.32 Å². The van der Waals surface area contributed by atoms with Gasteiger partial charge in [-0.3, -0.25) is 0 Å². The maximum Gasteiger partial charge on any atom is -0.00179 e. The third-order valence-electron chi connectivity index (χ3n) is 6.55. The molecule has 2 fully saturated rings. The van der Waals surface area contributed by atoms with Gasteiger partial charge >= 0.3 is 0 Å². The van der Waals surface area contributed by atoms with Crippen LogP contribution in [-0.4, -0.2) is 13.1 Å². The van der Waals surface area contributed by atoms with Crippen LogP contribution in [-0.2, 0) is 0 Å². The average molecular weight is 294 g/mol. The van der Waals surface area contributed by atoms with E-state index in [1.165, 1.54) is 64.3 Å². The van der Waals surface area contributed by atoms with Gasteiger partial charge in [0, 0.05) is 0 Å². The zero-order chi connectivity index (χ0) is 15.1. The van der Waals surface area contributed by atoms with E-state index in [0.29, 0.717) is 0 Å². The van der Waals surface area contributed by atoms with E-state index in [0.717, 1.165) is 36.1 Å². The van der Waals surface area contributed by atoms with Gasteiger partial charge < -0.3 is 5.32 Å². The second kappa shape index (κ2) is 9.18. The van der Waals surface area contributed by atoms with Gasteiger partial charge in [0.05, 0.1) is 0 Å². The predicted octanol–water partition coefficient (Wildman–Crippen LogP) is 5.64. The first-order valence-electron chi connectivity index (χ1n) is 10.0. The SMILES string of the molecule is CCCC1CCC(CNCC)C(C2CCCCC2CC)C1. The number of hydrogen-bond acceptors (Lipinski definition) is 1. The molecule has 1 heteroatoms. The van der Waals surface area contributed by atoms with Gasteiger partial charge in [0.2, 0.25) is 0 Å². The maximum atomic E-state index is 3.67. The highest BCUT2D eigenvalue weighted by Gasteiger charge is 2.38. The van der Waals surface area contributed by atoms with E-state index in [1.807, 2.05) is 0 Å². The Hall–Kier alpha value is -0.0400. The van der Waals surface area contributed by atoms with Crippen molar-refractivity contribution in [2.24, 2.45) is 29.6 Å². The minimum atomic E-state index is 0.968. The summed E-state index contributed by atoms with van der Waals surface area (Å²) in [4.78, 5) is 0. The van der Waals surface area contributed by atoms with Gasteiger partial charge in [-0.15, -0.1) is 0 Å². The van der Waals surface area contributed by atoms with E-state index in [1.54, 1.807) is 6.42 Å². The molecule has 2 aliphatic carbocycles. The van der Waals surface area contributed by atoms with Gasteiger partial charge in [0.25, 0.3) is 0 Å². The molecule has 0 aromatic heterocycles. The Morgan fingerprint density at radius 3 is 2.38 bits per heavy atom. The van der Waals surface area contributed by atoms with Crippen molar-refractivity contribution in [3.8, 4) is 0 Å². The number of rotatable bonds is 7. The Morgan fingerprint density at radius 1 is 0.857 bits per heavy atom. The quantitative estimate of drug-likeness (QED) is 0.640. The zero-order valence-electron chi connectivity index (χ0n) is 14.9. The fourth-order valence-corrected chi connectivity index (χ4v) is 5.44. The van der Waals surface area contributed by atoms with Crippen LogP contribution in [0.3, 0.4) is 0 Å². The standard InChI is InChI=1S/C20H39N/c1-4-9-16-12-13-18(15-21-6-3)20(14-16)19-11-8-7-10-17(19)5-2/h16-21H,4-15H2,1-3H3. The van der Waals surface area contributed by atoms with Crippen molar-refractivity contribution in [1.29, 1.82) is 0 Å². The van der Waals surface area contributed by atoms with Gasteiger partial charge in [-0.25, -0.2) is 0 Å². The summed E-state index contributed by atoms with van der Waals surface area (Å²) >= 11 is 0. The van der Waals surface area contributed by atoms with Crippen LogP contribution in [0.5, 0.6) is 0 Å². The molecule has 2 rings (SSSR count). The highest BCUT2D eigenvalue weighted by molar-refractivity contribution is 4.89. The first-order chi connectivity index (χ1) is 10.3. The average Bonchev–Trinajstić information content (AvgIpc) is 2.54. The van der Waals surface area contributed by atoms with E-state index in [-0.39, 0.29) is 0 Å². The lowest BCUT2D eigenvalue weighted by Gasteiger charge is -2.45. The van der Waals surface area contributed by atoms with E-state index in [4.69, 9.17) is 0 Å². The molecular weight excluding hydrogens is 254 g/mol. The molecule has 0 aromatic carbocycles. The smallest absolute Gasteiger partial charge is 0.00179 e. The summed E-state index contributed by atoms with van der Waals surface area (Å²) in [6, 6.07) is 0. The molecule has 1 N–H and O–H groups in total. The molecule has 0 aromatic rings. The topological polar surface area (TPSA) is 12.0 Å². The van der Waals surface area contributed by atoms with Crippen LogP contribution in [0, 0.1) is 29.6 Å². The molecule has 2 aliphatic rings. The van der Waals surface area contributed by atoms with Crippen LogP contribution in [0.1, 0.15) is 85.0 Å². The normalized spacial score (nSPS) is 37.6. The van der Waals surface area contributed by atoms with E-state index < -0.39 is 0 Å². The highest BCUT2D eigenvalue weighted by atomic mass is 14.8. The third kappa shape index (κ3) is 4.71. The fourth-order valence-electron chi connectivity index (χ4n) is 5.44. The molecule has 5 atom stereocenters. The lowest BCUT2D eigenvalue weighted by Crippen LogP contribution is -2.40. The molecule has 124 valence electrons. The predicted molar refractivity (Wildman–Crippen MR) is 93.5 cm³/mol. The highest BCUT2D eigenvalue weighted by Crippen LogP contribution is 2.47. The Labute approximate surface area is 133 Å². The zero-order valence-corrected chi connectivity index (χ0v) is 14.9.